The largest absolute Gasteiger partial charge is 0.481 e. The number of nitrogens with zero attached hydrogens (tertiary/aromatic N) is 1. The van der Waals surface area contributed by atoms with Crippen LogP contribution in [0.15, 0.2) is 0 Å². The summed E-state index contributed by atoms with van der Waals surface area (Å²) in [5.41, 5.74) is 0. The Morgan fingerprint density at radius 3 is 2.50 bits per heavy atom. The smallest absolute Gasteiger partial charge is 0.303 e. The number of ether oxygens (including phenoxy) is 2. The van der Waals surface area contributed by atoms with E-state index in [0.29, 0.717) is 19.6 Å². The van der Waals surface area contributed by atoms with Crippen molar-refractivity contribution in [2.75, 3.05) is 47.1 Å². The average Bonchev–Trinajstić information content (AvgIpc) is 2.22. The Morgan fingerprint density at radius 2 is 1.88 bits per heavy atom. The third-order valence-corrected chi connectivity index (χ3v) is 2.19. The SMILES string of the molecule is COCCOCCCN(C)CCCC(=O)O. The number of hydrogen-bond donors (Lipinski definition) is 1. The first-order valence-corrected chi connectivity index (χ1v) is 5.64. The van der Waals surface area contributed by atoms with Gasteiger partial charge < -0.3 is 19.5 Å². The summed E-state index contributed by atoms with van der Waals surface area (Å²) in [6.07, 6.45) is 1.92. The molecule has 0 rings (SSSR count). The lowest BCUT2D eigenvalue weighted by Crippen LogP contribution is -2.22. The predicted molar refractivity (Wildman–Crippen MR) is 61.7 cm³/mol. The average molecular weight is 233 g/mol. The molecule has 0 aromatic rings. The van der Waals surface area contributed by atoms with Crippen LogP contribution < -0.4 is 0 Å². The van der Waals surface area contributed by atoms with Crippen LogP contribution >= 0.6 is 0 Å². The summed E-state index contributed by atoms with van der Waals surface area (Å²) in [4.78, 5) is 12.4. The maximum Gasteiger partial charge on any atom is 0.303 e. The van der Waals surface area contributed by atoms with E-state index in [-0.39, 0.29) is 6.42 Å². The molecule has 0 aromatic carbocycles. The molecule has 0 saturated heterocycles. The Kier molecular flexibility index (Phi) is 10.4. The lowest BCUT2D eigenvalue weighted by Gasteiger charge is -2.15. The minimum atomic E-state index is -0.726. The molecule has 0 bridgehead atoms. The van der Waals surface area contributed by atoms with Crippen molar-refractivity contribution in [1.29, 1.82) is 0 Å². The van der Waals surface area contributed by atoms with E-state index in [0.717, 1.165) is 26.1 Å². The second kappa shape index (κ2) is 10.9. The van der Waals surface area contributed by atoms with E-state index in [4.69, 9.17) is 14.6 Å². The van der Waals surface area contributed by atoms with Crippen LogP contribution in [0.5, 0.6) is 0 Å². The van der Waals surface area contributed by atoms with E-state index in [9.17, 15) is 4.79 Å². The summed E-state index contributed by atoms with van der Waals surface area (Å²) in [7, 11) is 3.65. The molecular weight excluding hydrogens is 210 g/mol. The van der Waals surface area contributed by atoms with Gasteiger partial charge >= 0.3 is 5.97 Å². The summed E-state index contributed by atoms with van der Waals surface area (Å²) in [5.74, 6) is -0.726. The molecule has 1 N–H and O–H groups in total. The van der Waals surface area contributed by atoms with Gasteiger partial charge in [-0.3, -0.25) is 4.79 Å². The van der Waals surface area contributed by atoms with Gasteiger partial charge in [-0.1, -0.05) is 0 Å². The maximum atomic E-state index is 10.3. The number of methoxy groups -OCH3 is 1. The van der Waals surface area contributed by atoms with Gasteiger partial charge in [0.25, 0.3) is 0 Å². The molecule has 5 nitrogen and oxygen atoms in total. The minimum Gasteiger partial charge on any atom is -0.481 e. The molecular formula is C11H23NO4. The van der Waals surface area contributed by atoms with Gasteiger partial charge in [-0.15, -0.1) is 0 Å². The van der Waals surface area contributed by atoms with Crippen molar-refractivity contribution in [2.45, 2.75) is 19.3 Å². The summed E-state index contributed by atoms with van der Waals surface area (Å²) < 4.78 is 10.2. The molecule has 0 fully saturated rings. The van der Waals surface area contributed by atoms with Crippen LogP contribution in [0.25, 0.3) is 0 Å². The molecule has 16 heavy (non-hydrogen) atoms. The second-order valence-corrected chi connectivity index (χ2v) is 3.76. The number of carbonyl (C=O) groups is 1. The number of rotatable bonds is 11. The molecule has 0 aromatic heterocycles. The monoisotopic (exact) mass is 233 g/mol. The van der Waals surface area contributed by atoms with Gasteiger partial charge in [-0.2, -0.15) is 0 Å². The normalized spacial score (nSPS) is 10.9. The fourth-order valence-corrected chi connectivity index (χ4v) is 1.29. The van der Waals surface area contributed by atoms with Crippen molar-refractivity contribution in [2.24, 2.45) is 0 Å². The molecule has 0 aliphatic rings. The minimum absolute atomic E-state index is 0.245. The van der Waals surface area contributed by atoms with Crippen LogP contribution in [0, 0.1) is 0 Å². The van der Waals surface area contributed by atoms with Crippen LogP contribution in [0.3, 0.4) is 0 Å². The molecule has 0 spiro atoms. The maximum absolute atomic E-state index is 10.3. The number of carboxylic acid groups (broad SMARTS) is 1. The third-order valence-electron chi connectivity index (χ3n) is 2.19. The Morgan fingerprint density at radius 1 is 1.19 bits per heavy atom. The zero-order valence-corrected chi connectivity index (χ0v) is 10.3. The first kappa shape index (κ1) is 15.3. The van der Waals surface area contributed by atoms with Gasteiger partial charge in [0.05, 0.1) is 13.2 Å². The number of carboxylic acids is 1. The van der Waals surface area contributed by atoms with E-state index in [1.165, 1.54) is 0 Å². The van der Waals surface area contributed by atoms with Crippen molar-refractivity contribution in [3.05, 3.63) is 0 Å². The molecule has 0 heterocycles. The van der Waals surface area contributed by atoms with Gasteiger partial charge in [0.15, 0.2) is 0 Å². The fraction of sp³-hybridized carbons (Fsp3) is 0.909. The zero-order valence-electron chi connectivity index (χ0n) is 10.3. The van der Waals surface area contributed by atoms with E-state index < -0.39 is 5.97 Å². The predicted octanol–water partition coefficient (Wildman–Crippen LogP) is 0.836. The molecule has 5 heteroatoms. The summed E-state index contributed by atoms with van der Waals surface area (Å²) in [5, 5.41) is 8.47. The standard InChI is InChI=1S/C11H23NO4/c1-12(6-3-5-11(13)14)7-4-8-16-10-9-15-2/h3-10H2,1-2H3,(H,13,14). The Hall–Kier alpha value is -0.650. The third kappa shape index (κ3) is 11.4. The van der Waals surface area contributed by atoms with Gasteiger partial charge in [-0.25, -0.2) is 0 Å². The summed E-state index contributed by atoms with van der Waals surface area (Å²) in [6.45, 7) is 3.76. The van der Waals surface area contributed by atoms with Crippen LogP contribution in [0.4, 0.5) is 0 Å². The first-order valence-electron chi connectivity index (χ1n) is 5.64. The van der Waals surface area contributed by atoms with E-state index in [1.54, 1.807) is 7.11 Å². The van der Waals surface area contributed by atoms with Crippen LogP contribution in [0.2, 0.25) is 0 Å². The topological polar surface area (TPSA) is 59.0 Å². The van der Waals surface area contributed by atoms with Crippen LogP contribution in [0.1, 0.15) is 19.3 Å². The van der Waals surface area contributed by atoms with Crippen molar-refractivity contribution < 1.29 is 19.4 Å². The molecule has 0 radical (unpaired) electrons. The lowest BCUT2D eigenvalue weighted by molar-refractivity contribution is -0.137. The molecule has 0 aliphatic heterocycles. The first-order chi connectivity index (χ1) is 7.66. The van der Waals surface area contributed by atoms with Crippen LogP contribution in [-0.2, 0) is 14.3 Å². The molecule has 0 amide bonds. The van der Waals surface area contributed by atoms with E-state index in [2.05, 4.69) is 4.90 Å². The zero-order chi connectivity index (χ0) is 12.2. The molecule has 96 valence electrons. The van der Waals surface area contributed by atoms with Gasteiger partial charge in [0.2, 0.25) is 0 Å². The summed E-state index contributed by atoms with van der Waals surface area (Å²) >= 11 is 0. The van der Waals surface area contributed by atoms with E-state index >= 15 is 0 Å². The van der Waals surface area contributed by atoms with Gasteiger partial charge in [0.1, 0.15) is 0 Å². The molecule has 0 aliphatic carbocycles. The highest BCUT2D eigenvalue weighted by atomic mass is 16.5. The van der Waals surface area contributed by atoms with Crippen molar-refractivity contribution in [1.82, 2.24) is 4.90 Å². The van der Waals surface area contributed by atoms with Crippen molar-refractivity contribution in [3.8, 4) is 0 Å². The number of aliphatic carboxylic acids is 1. The van der Waals surface area contributed by atoms with Crippen molar-refractivity contribution in [3.63, 3.8) is 0 Å². The number of hydrogen-bond acceptors (Lipinski definition) is 4. The highest BCUT2D eigenvalue weighted by molar-refractivity contribution is 5.66. The van der Waals surface area contributed by atoms with Crippen molar-refractivity contribution >= 4 is 5.97 Å². The molecule has 0 unspecified atom stereocenters. The van der Waals surface area contributed by atoms with Gasteiger partial charge in [-0.05, 0) is 26.4 Å². The van der Waals surface area contributed by atoms with E-state index in [1.807, 2.05) is 7.05 Å². The Balaban J connectivity index is 3.17. The molecule has 0 atom stereocenters. The lowest BCUT2D eigenvalue weighted by atomic mass is 10.3. The Labute approximate surface area is 97.3 Å². The molecule has 0 saturated carbocycles. The summed E-state index contributed by atoms with van der Waals surface area (Å²) in [6, 6.07) is 0. The second-order valence-electron chi connectivity index (χ2n) is 3.76. The Bertz CT molecular complexity index is 175. The van der Waals surface area contributed by atoms with Gasteiger partial charge in [0, 0.05) is 26.7 Å². The van der Waals surface area contributed by atoms with Crippen LogP contribution in [-0.4, -0.2) is 63.0 Å². The fourth-order valence-electron chi connectivity index (χ4n) is 1.29. The highest BCUT2D eigenvalue weighted by Gasteiger charge is 2.01. The highest BCUT2D eigenvalue weighted by Crippen LogP contribution is 1.95. The quantitative estimate of drug-likeness (QED) is 0.536.